The number of rotatable bonds is 0. The molecule has 1 fully saturated rings. The molecule has 0 spiro atoms. The molecule has 0 saturated heterocycles. The van der Waals surface area contributed by atoms with Gasteiger partial charge in [0, 0.05) is 0 Å². The molecular weight excluding hydrogens is 360 g/mol. The zero-order valence-electron chi connectivity index (χ0n) is 5.93. The second kappa shape index (κ2) is 3.49. The molecule has 0 aromatic heterocycles. The van der Waals surface area contributed by atoms with Crippen LogP contribution in [0.3, 0.4) is 0 Å². The lowest BCUT2D eigenvalue weighted by Crippen LogP contribution is -2.46. The molecular formula is C5Cl8O. The molecule has 0 unspecified atom stereocenters. The van der Waals surface area contributed by atoms with Crippen molar-refractivity contribution in [3.05, 3.63) is 0 Å². The Morgan fingerprint density at radius 3 is 0.929 bits per heavy atom. The fourth-order valence-corrected chi connectivity index (χ4v) is 3.50. The standard InChI is InChI=1S/C5Cl8O/c6-2(7)1(14)3(8,9)5(12,13)4(2,10)11. The first kappa shape index (κ1) is 14.1. The van der Waals surface area contributed by atoms with Gasteiger partial charge in [-0.25, -0.2) is 0 Å². The molecule has 0 bridgehead atoms. The van der Waals surface area contributed by atoms with E-state index < -0.39 is 23.1 Å². The summed E-state index contributed by atoms with van der Waals surface area (Å²) in [6.45, 7) is 0. The molecule has 0 heterocycles. The van der Waals surface area contributed by atoms with Gasteiger partial charge in [0.05, 0.1) is 0 Å². The van der Waals surface area contributed by atoms with Gasteiger partial charge < -0.3 is 0 Å². The van der Waals surface area contributed by atoms with Crippen LogP contribution in [0.2, 0.25) is 0 Å². The summed E-state index contributed by atoms with van der Waals surface area (Å²) in [6, 6.07) is 0. The van der Waals surface area contributed by atoms with Crippen LogP contribution >= 0.6 is 92.8 Å². The maximum absolute atomic E-state index is 11.5. The van der Waals surface area contributed by atoms with E-state index in [2.05, 4.69) is 0 Å². The summed E-state index contributed by atoms with van der Waals surface area (Å²) >= 11 is 45.1. The Labute approximate surface area is 120 Å². The van der Waals surface area contributed by atoms with E-state index in [1.54, 1.807) is 0 Å². The van der Waals surface area contributed by atoms with E-state index in [0.717, 1.165) is 0 Å². The van der Waals surface area contributed by atoms with E-state index in [1.165, 1.54) is 0 Å². The third kappa shape index (κ3) is 1.41. The molecule has 0 aromatic rings. The van der Waals surface area contributed by atoms with Gasteiger partial charge in [-0.3, -0.25) is 4.79 Å². The summed E-state index contributed by atoms with van der Waals surface area (Å²) in [5.41, 5.74) is 0. The summed E-state index contributed by atoms with van der Waals surface area (Å²) in [5.74, 6) is -1.06. The van der Waals surface area contributed by atoms with Crippen LogP contribution in [0.15, 0.2) is 0 Å². The molecule has 0 atom stereocenters. The number of alkyl halides is 8. The van der Waals surface area contributed by atoms with Crippen molar-refractivity contribution >= 4 is 98.6 Å². The maximum Gasteiger partial charge on any atom is 0.214 e. The van der Waals surface area contributed by atoms with Crippen LogP contribution in [0.25, 0.3) is 0 Å². The fraction of sp³-hybridized carbons (Fsp3) is 0.800. The molecule has 0 radical (unpaired) electrons. The van der Waals surface area contributed by atoms with Gasteiger partial charge in [-0.1, -0.05) is 92.8 Å². The molecule has 1 nitrogen and oxygen atoms in total. The van der Waals surface area contributed by atoms with Gasteiger partial charge >= 0.3 is 0 Å². The highest BCUT2D eigenvalue weighted by Crippen LogP contribution is 2.68. The number of carbonyl (C=O) groups excluding carboxylic acids is 1. The SMILES string of the molecule is O=C1C(Cl)(Cl)C(Cl)(Cl)C(Cl)(Cl)C1(Cl)Cl. The minimum Gasteiger partial charge on any atom is -0.293 e. The quantitative estimate of drug-likeness (QED) is 0.591. The Hall–Kier alpha value is 1.99. The van der Waals surface area contributed by atoms with Crippen molar-refractivity contribution in [3.8, 4) is 0 Å². The molecule has 14 heavy (non-hydrogen) atoms. The average molecular weight is 360 g/mol. The molecule has 0 amide bonds. The molecule has 1 aliphatic rings. The monoisotopic (exact) mass is 356 g/mol. The highest BCUT2D eigenvalue weighted by atomic mass is 35.6. The van der Waals surface area contributed by atoms with E-state index in [1.807, 2.05) is 0 Å². The van der Waals surface area contributed by atoms with Crippen molar-refractivity contribution in [3.63, 3.8) is 0 Å². The van der Waals surface area contributed by atoms with E-state index in [0.29, 0.717) is 0 Å². The summed E-state index contributed by atoms with van der Waals surface area (Å²) in [6.07, 6.45) is 0. The van der Waals surface area contributed by atoms with Crippen LogP contribution in [-0.4, -0.2) is 23.1 Å². The molecule has 9 heteroatoms. The van der Waals surface area contributed by atoms with Crippen LogP contribution in [0, 0.1) is 0 Å². The number of carbonyl (C=O) groups is 1. The summed E-state index contributed by atoms with van der Waals surface area (Å²) in [5, 5.41) is 0. The number of ketones is 1. The highest BCUT2D eigenvalue weighted by Gasteiger charge is 2.81. The van der Waals surface area contributed by atoms with E-state index in [9.17, 15) is 4.79 Å². The second-order valence-corrected chi connectivity index (χ2v) is 7.94. The third-order valence-corrected chi connectivity index (χ3v) is 7.00. The lowest BCUT2D eigenvalue weighted by molar-refractivity contribution is -0.118. The van der Waals surface area contributed by atoms with Crippen LogP contribution in [-0.2, 0) is 4.79 Å². The Morgan fingerprint density at radius 1 is 0.643 bits per heavy atom. The van der Waals surface area contributed by atoms with Crippen LogP contribution in [0.5, 0.6) is 0 Å². The van der Waals surface area contributed by atoms with Crippen molar-refractivity contribution in [1.29, 1.82) is 0 Å². The van der Waals surface area contributed by atoms with Gasteiger partial charge in [-0.2, -0.15) is 0 Å². The van der Waals surface area contributed by atoms with Gasteiger partial charge in [-0.05, 0) is 0 Å². The largest absolute Gasteiger partial charge is 0.293 e. The van der Waals surface area contributed by atoms with Crippen molar-refractivity contribution in [1.82, 2.24) is 0 Å². The van der Waals surface area contributed by atoms with Crippen molar-refractivity contribution in [2.45, 2.75) is 17.3 Å². The zero-order chi connectivity index (χ0) is 11.6. The predicted molar refractivity (Wildman–Crippen MR) is 62.8 cm³/mol. The molecule has 1 rings (SSSR count). The van der Waals surface area contributed by atoms with Crippen LogP contribution < -0.4 is 0 Å². The van der Waals surface area contributed by atoms with Gasteiger partial charge in [-0.15, -0.1) is 0 Å². The lowest BCUT2D eigenvalue weighted by Gasteiger charge is -2.32. The number of hydrogen-bond acceptors (Lipinski definition) is 1. The zero-order valence-corrected chi connectivity index (χ0v) is 12.0. The van der Waals surface area contributed by atoms with Crippen molar-refractivity contribution in [2.24, 2.45) is 0 Å². The van der Waals surface area contributed by atoms with Gasteiger partial charge in [0.1, 0.15) is 0 Å². The van der Waals surface area contributed by atoms with Crippen molar-refractivity contribution in [2.75, 3.05) is 0 Å². The first-order valence-corrected chi connectivity index (χ1v) is 5.99. The van der Waals surface area contributed by atoms with E-state index in [4.69, 9.17) is 92.8 Å². The Morgan fingerprint density at radius 2 is 0.857 bits per heavy atom. The second-order valence-electron chi connectivity index (χ2n) is 2.63. The van der Waals surface area contributed by atoms with Gasteiger partial charge in [0.15, 0.2) is 8.67 Å². The molecule has 1 saturated carbocycles. The summed E-state index contributed by atoms with van der Waals surface area (Å²) in [7, 11) is 0. The molecule has 1 aliphatic carbocycles. The fourth-order valence-electron chi connectivity index (χ4n) is 0.877. The molecule has 0 N–H and O–H groups in total. The van der Waals surface area contributed by atoms with Gasteiger partial charge in [0.25, 0.3) is 0 Å². The topological polar surface area (TPSA) is 17.1 Å². The number of hydrogen-bond donors (Lipinski definition) is 0. The molecule has 82 valence electrons. The Kier molecular flexibility index (Phi) is 3.50. The Balaban J connectivity index is 3.46. The average Bonchev–Trinajstić information content (AvgIpc) is 2.05. The first-order valence-electron chi connectivity index (χ1n) is 2.97. The predicted octanol–water partition coefficient (Wildman–Crippen LogP) is 4.26. The van der Waals surface area contributed by atoms with Crippen LogP contribution in [0.4, 0.5) is 0 Å². The Bertz CT molecular complexity index is 264. The number of halogens is 8. The molecule has 0 aliphatic heterocycles. The molecule has 0 aromatic carbocycles. The van der Waals surface area contributed by atoms with Crippen molar-refractivity contribution < 1.29 is 4.79 Å². The first-order chi connectivity index (χ1) is 5.90. The number of Topliss-reactive ketones (excluding diaryl/α,β-unsaturated/α-hetero) is 1. The van der Waals surface area contributed by atoms with Gasteiger partial charge in [0.2, 0.25) is 14.4 Å². The normalized spacial score (nSPS) is 31.9. The lowest BCUT2D eigenvalue weighted by atomic mass is 10.3. The third-order valence-electron chi connectivity index (χ3n) is 1.75. The summed E-state index contributed by atoms with van der Waals surface area (Å²) in [4.78, 5) is 11.5. The highest BCUT2D eigenvalue weighted by molar-refractivity contribution is 6.85. The summed E-state index contributed by atoms with van der Waals surface area (Å²) < 4.78 is -8.98. The van der Waals surface area contributed by atoms with E-state index >= 15 is 0 Å². The van der Waals surface area contributed by atoms with Crippen LogP contribution in [0.1, 0.15) is 0 Å². The minimum atomic E-state index is -2.27. The smallest absolute Gasteiger partial charge is 0.214 e. The minimum absolute atomic E-state index is 1.06. The maximum atomic E-state index is 11.5. The van der Waals surface area contributed by atoms with E-state index in [-0.39, 0.29) is 0 Å².